The Hall–Kier alpha value is -7.85. The predicted octanol–water partition coefficient (Wildman–Crippen LogP) is 20.7. The number of anilines is 5. The lowest BCUT2D eigenvalue weighted by molar-refractivity contribution is 0.275. The highest BCUT2D eigenvalue weighted by molar-refractivity contribution is 9.11. The normalized spacial score (nSPS) is 12.4. The van der Waals surface area contributed by atoms with Gasteiger partial charge in [0.15, 0.2) is 0 Å². The molecule has 0 fully saturated rings. The number of hydrogen-bond donors (Lipinski definition) is 11. The Bertz CT molecular complexity index is 5800. The molecule has 15 aromatic heterocycles. The highest BCUT2D eigenvalue weighted by atomic mass is 79.9. The van der Waals surface area contributed by atoms with E-state index in [1.807, 2.05) is 61.0 Å². The zero-order valence-corrected chi connectivity index (χ0v) is 75.3. The lowest BCUT2D eigenvalue weighted by atomic mass is 10.1. The molecule has 0 amide bonds. The molecular weight excluding hydrogens is 1880 g/mol. The van der Waals surface area contributed by atoms with Crippen molar-refractivity contribution in [3.63, 3.8) is 0 Å². The Morgan fingerprint density at radius 2 is 0.831 bits per heavy atom. The fraction of sp³-hybridized carbons (Fsp3) is 0.282. The minimum absolute atomic E-state index is 0.0554. The number of halogens is 9. The molecule has 0 saturated carbocycles. The van der Waals surface area contributed by atoms with Gasteiger partial charge in [0.05, 0.1) is 146 Å². The average molecular weight is 1960 g/mol. The average Bonchev–Trinajstić information content (AvgIpc) is 1.66. The summed E-state index contributed by atoms with van der Waals surface area (Å²) < 4.78 is 47.5. The number of thiazole rings is 2. The van der Waals surface area contributed by atoms with Gasteiger partial charge in [-0.25, -0.2) is 39.3 Å². The fourth-order valence-electron chi connectivity index (χ4n) is 11.6. The van der Waals surface area contributed by atoms with Crippen LogP contribution in [-0.2, 0) is 64.8 Å². The van der Waals surface area contributed by atoms with Crippen molar-refractivity contribution in [2.45, 2.75) is 122 Å². The number of aliphatic hydroxyl groups is 1. The second-order valence-electron chi connectivity index (χ2n) is 26.3. The van der Waals surface area contributed by atoms with Crippen molar-refractivity contribution >= 4 is 249 Å². The van der Waals surface area contributed by atoms with E-state index >= 15 is 0 Å². The van der Waals surface area contributed by atoms with Crippen LogP contribution < -0.4 is 55.3 Å². The molecule has 0 radical (unpaired) electrons. The minimum atomic E-state index is -0.557. The van der Waals surface area contributed by atoms with E-state index in [0.717, 1.165) is 130 Å². The molecule has 616 valence electrons. The molecule has 0 aliphatic heterocycles. The Morgan fingerprint density at radius 3 is 1.22 bits per heavy atom. The van der Waals surface area contributed by atoms with Gasteiger partial charge in [0, 0.05) is 109 Å². The summed E-state index contributed by atoms with van der Waals surface area (Å²) in [7, 11) is 0. The second kappa shape index (κ2) is 44.1. The Morgan fingerprint density at radius 1 is 0.466 bits per heavy atom. The first kappa shape index (κ1) is 90.9. The molecule has 24 nitrogen and oxygen atoms in total. The molecule has 0 aromatic carbocycles. The summed E-state index contributed by atoms with van der Waals surface area (Å²) in [6, 6.07) is 25.4. The molecule has 0 aliphatic rings. The topological polar surface area (TPSA) is 411 Å². The molecule has 0 aliphatic carbocycles. The Labute approximate surface area is 746 Å². The van der Waals surface area contributed by atoms with Crippen LogP contribution in [0.2, 0.25) is 25.5 Å². The van der Waals surface area contributed by atoms with Crippen molar-refractivity contribution in [3.8, 4) is 18.2 Å². The second-order valence-corrected chi connectivity index (χ2v) is 37.3. The van der Waals surface area contributed by atoms with Gasteiger partial charge < -0.3 is 73.6 Å². The van der Waals surface area contributed by atoms with Gasteiger partial charge in [-0.15, -0.1) is 79.4 Å². The summed E-state index contributed by atoms with van der Waals surface area (Å²) in [4.78, 5) is 35.2. The van der Waals surface area contributed by atoms with Crippen LogP contribution in [-0.4, -0.2) is 90.2 Å². The van der Waals surface area contributed by atoms with E-state index in [1.54, 1.807) is 107 Å². The van der Waals surface area contributed by atoms with Crippen LogP contribution in [0.3, 0.4) is 0 Å². The van der Waals surface area contributed by atoms with Crippen LogP contribution in [0, 0.1) is 34.0 Å². The molecule has 118 heavy (non-hydrogen) atoms. The highest BCUT2D eigenvalue weighted by Gasteiger charge is 2.25. The van der Waals surface area contributed by atoms with Gasteiger partial charge in [-0.05, 0) is 133 Å². The maximum Gasteiger partial charge on any atom is 0.143 e. The van der Waals surface area contributed by atoms with Crippen molar-refractivity contribution in [1.82, 2.24) is 34.9 Å². The number of aromatic nitrogens is 7. The van der Waals surface area contributed by atoms with E-state index in [4.69, 9.17) is 105 Å². The number of hydrogen-bond acceptors (Lipinski definition) is 31. The van der Waals surface area contributed by atoms with Gasteiger partial charge in [-0.2, -0.15) is 15.8 Å². The summed E-state index contributed by atoms with van der Waals surface area (Å²) in [5.74, 6) is 2.44. The van der Waals surface area contributed by atoms with Crippen molar-refractivity contribution in [2.24, 2.45) is 28.7 Å². The first-order valence-electron chi connectivity index (χ1n) is 36.1. The summed E-state index contributed by atoms with van der Waals surface area (Å²) >= 11 is 49.4. The molecule has 40 heteroatoms. The van der Waals surface area contributed by atoms with E-state index in [0.29, 0.717) is 125 Å². The maximum absolute atomic E-state index is 12.7. The van der Waals surface area contributed by atoms with Crippen molar-refractivity contribution in [1.29, 1.82) is 15.8 Å². The minimum Gasteiger partial charge on any atom is -0.467 e. The molecule has 5 atom stereocenters. The SMILES string of the molecule is C[C@H](N)Cc1sc2c(NCc3ccco3)cc(C#N)nc2c1Br.C[C@H](N)Cc1sc2c(NCc3ccco3)cc(C#N)nc2c1C#N.N[C@@H](CCF)Cc1sc2c(NCc3nccs3)cc(Cl)nc2c1Cl.N[C@@H](CCO)Cc1sc2c(NCc3nccs3)cc(Cl)nc2c1Cl.N[C@@H](CF)Cc1sc2c(NCc3ccco3)cc(Cl)nc2c1Br. The number of nitriles is 3. The van der Waals surface area contributed by atoms with Gasteiger partial charge in [-0.3, -0.25) is 4.39 Å². The van der Waals surface area contributed by atoms with Gasteiger partial charge in [0.2, 0.25) is 0 Å². The van der Waals surface area contributed by atoms with Crippen molar-refractivity contribution in [3.05, 3.63) is 212 Å². The quantitative estimate of drug-likeness (QED) is 0.0186. The van der Waals surface area contributed by atoms with Crippen LogP contribution in [0.1, 0.15) is 95.3 Å². The number of aliphatic hydroxyl groups excluding tert-OH is 1. The zero-order valence-electron chi connectivity index (χ0n) is 62.7. The number of fused-ring (bicyclic) bond motifs is 5. The van der Waals surface area contributed by atoms with E-state index in [-0.39, 0.29) is 36.5 Å². The lowest BCUT2D eigenvalue weighted by Crippen LogP contribution is -2.24. The molecule has 15 aromatic rings. The number of furan rings is 3. The smallest absolute Gasteiger partial charge is 0.143 e. The monoisotopic (exact) mass is 1950 g/mol. The molecular formula is C78H75Br2Cl5F2N20O4S7. The van der Waals surface area contributed by atoms with Gasteiger partial charge in [-0.1, -0.05) is 58.0 Å². The van der Waals surface area contributed by atoms with Gasteiger partial charge >= 0.3 is 0 Å². The maximum atomic E-state index is 12.7. The molecule has 16 N–H and O–H groups in total. The summed E-state index contributed by atoms with van der Waals surface area (Å²) in [5.41, 5.74) is 38.3. The van der Waals surface area contributed by atoms with Crippen LogP contribution >= 0.6 is 169 Å². The third-order valence-corrected chi connectivity index (χ3v) is 28.6. The molecule has 15 rings (SSSR count). The number of thiophene rings is 5. The van der Waals surface area contributed by atoms with Gasteiger partial charge in [0.25, 0.3) is 0 Å². The lowest BCUT2D eigenvalue weighted by Gasteiger charge is -2.07. The van der Waals surface area contributed by atoms with Crippen LogP contribution in [0.25, 0.3) is 51.1 Å². The molecule has 15 heterocycles. The summed E-state index contributed by atoms with van der Waals surface area (Å²) in [5, 5.41) is 61.7. The van der Waals surface area contributed by atoms with E-state index in [1.165, 1.54) is 34.0 Å². The highest BCUT2D eigenvalue weighted by Crippen LogP contribution is 2.45. The number of nitrogens with zero attached hydrogens (tertiary/aromatic N) is 10. The van der Waals surface area contributed by atoms with Crippen molar-refractivity contribution in [2.75, 3.05) is 46.5 Å². The van der Waals surface area contributed by atoms with Gasteiger partial charge in [0.1, 0.15) is 95.6 Å². The molecule has 0 spiro atoms. The Balaban J connectivity index is 0.000000145. The standard InChI is InChI=1S/C17H15N5OS.C16H15BrN4OS.C15H14BrClFN3OS.C15H15Cl2FN4S2.C15H16Cl2N4OS2/c1-10(20)5-15-13(8-19)16-17(24-15)14(6-11(7-18)22-16)21-9-12-3-2-4-23-12;1-9(19)5-13-14(17)15-16(23-13)12(6-10(7-18)21-15)20-8-11-3-2-4-22-11;16-13-11(4-8(19)6-18)23-15-10(5-12(17)21-14(13)15)20-7-9-2-1-3-22-9;16-11-6-9(21-7-12-20-3-4-23-12)15-14(22-11)13(17)10(24-15)5-8(19)1-2-18;16-11-6-9(20-7-12-19-2-4-23-12)15-14(21-11)13(17)10(24-15)5-8(18)1-3-22/h2-4,6,10H,5,9,20H2,1H3,(H,21,22);2-4,6,9H,5,8,19H2,1H3,(H,20,21);1-3,5,8H,4,6-7,19H2,(H,20,21);3-4,6,8H,1-2,5,7,19H2,(H,21,22);2,4,6,8,22H,1,3,5,7,18H2,(H,20,21)/t10-;9-;3*8-/m00100/s1. The number of nitrogens with one attached hydrogen (secondary N) is 5. The largest absolute Gasteiger partial charge is 0.467 e. The van der Waals surface area contributed by atoms with Crippen LogP contribution in [0.4, 0.5) is 37.2 Å². The predicted molar refractivity (Wildman–Crippen MR) is 488 cm³/mol. The first-order valence-corrected chi connectivity index (χ1v) is 45.4. The first-order chi connectivity index (χ1) is 56.9. The zero-order chi connectivity index (χ0) is 84.1. The fourth-order valence-corrected chi connectivity index (χ4v) is 21.9. The molecule has 0 unspecified atom stereocenters. The number of alkyl halides is 2. The third kappa shape index (κ3) is 24.3. The van der Waals surface area contributed by atoms with Crippen molar-refractivity contribution < 1.29 is 27.1 Å². The number of nitrogens with two attached hydrogens (primary N) is 5. The van der Waals surface area contributed by atoms with E-state index in [9.17, 15) is 24.6 Å². The number of rotatable bonds is 30. The van der Waals surface area contributed by atoms with E-state index < -0.39 is 19.4 Å². The summed E-state index contributed by atoms with van der Waals surface area (Å²) in [6.07, 6.45) is 12.2. The molecule has 0 bridgehead atoms. The van der Waals surface area contributed by atoms with E-state index in [2.05, 4.69) is 112 Å². The summed E-state index contributed by atoms with van der Waals surface area (Å²) in [6.45, 7) is 5.73. The van der Waals surface area contributed by atoms with Crippen LogP contribution in [0.15, 0.2) is 131 Å². The third-order valence-electron chi connectivity index (χ3n) is 17.0. The number of pyridine rings is 5. The van der Waals surface area contributed by atoms with Crippen LogP contribution in [0.5, 0.6) is 0 Å². The Kier molecular flexibility index (Phi) is 34.0. The molecule has 0 saturated heterocycles.